The van der Waals surface area contributed by atoms with E-state index in [1.54, 1.807) is 26.2 Å². The largest absolute Gasteiger partial charge is 0.497 e. The number of ether oxygens (including phenoxy) is 2. The molecule has 0 aliphatic rings. The highest BCUT2D eigenvalue weighted by Crippen LogP contribution is 2.25. The zero-order chi connectivity index (χ0) is 14.3. The number of methoxy groups -OCH3 is 2. The predicted octanol–water partition coefficient (Wildman–Crippen LogP) is 1.40. The molecule has 5 heteroatoms. The maximum absolute atomic E-state index is 11.9. The molecule has 1 aromatic carbocycles. The molecule has 0 heterocycles. The van der Waals surface area contributed by atoms with Crippen molar-refractivity contribution >= 4 is 5.91 Å². The molecule has 5 nitrogen and oxygen atoms in total. The highest BCUT2D eigenvalue weighted by Gasteiger charge is 2.12. The zero-order valence-electron chi connectivity index (χ0n) is 11.8. The molecule has 0 aromatic heterocycles. The average molecular weight is 266 g/mol. The van der Waals surface area contributed by atoms with Crippen LogP contribution in [0.15, 0.2) is 18.2 Å². The van der Waals surface area contributed by atoms with Gasteiger partial charge in [0.25, 0.3) is 0 Å². The van der Waals surface area contributed by atoms with Crippen LogP contribution in [-0.4, -0.2) is 38.6 Å². The third kappa shape index (κ3) is 4.44. The molecule has 106 valence electrons. The molecule has 0 spiro atoms. The van der Waals surface area contributed by atoms with E-state index in [4.69, 9.17) is 15.2 Å². The lowest BCUT2D eigenvalue weighted by Gasteiger charge is -2.19. The second-order valence-electron chi connectivity index (χ2n) is 4.32. The molecule has 0 saturated carbocycles. The Bertz CT molecular complexity index is 421. The van der Waals surface area contributed by atoms with Crippen LogP contribution in [0.1, 0.15) is 18.4 Å². The van der Waals surface area contributed by atoms with Crippen molar-refractivity contribution in [1.29, 1.82) is 0 Å². The lowest BCUT2D eigenvalue weighted by molar-refractivity contribution is -0.130. The van der Waals surface area contributed by atoms with Gasteiger partial charge in [0.15, 0.2) is 0 Å². The summed E-state index contributed by atoms with van der Waals surface area (Å²) in [6.45, 7) is 1.02. The van der Waals surface area contributed by atoms with Crippen molar-refractivity contribution in [2.24, 2.45) is 5.73 Å². The van der Waals surface area contributed by atoms with E-state index in [1.807, 2.05) is 18.2 Å². The van der Waals surface area contributed by atoms with Gasteiger partial charge in [0, 0.05) is 25.6 Å². The number of amides is 1. The fourth-order valence-electron chi connectivity index (χ4n) is 1.79. The van der Waals surface area contributed by atoms with Gasteiger partial charge in [-0.15, -0.1) is 0 Å². The molecule has 0 bridgehead atoms. The average Bonchev–Trinajstić information content (AvgIpc) is 2.44. The van der Waals surface area contributed by atoms with Crippen molar-refractivity contribution in [2.75, 3.05) is 27.8 Å². The Balaban J connectivity index is 2.76. The molecule has 1 amide bonds. The van der Waals surface area contributed by atoms with Gasteiger partial charge in [-0.3, -0.25) is 4.79 Å². The lowest BCUT2D eigenvalue weighted by Crippen LogP contribution is -2.26. The van der Waals surface area contributed by atoms with E-state index in [0.717, 1.165) is 17.1 Å². The Kier molecular flexibility index (Phi) is 6.15. The Labute approximate surface area is 114 Å². The van der Waals surface area contributed by atoms with Crippen molar-refractivity contribution in [2.45, 2.75) is 19.4 Å². The molecule has 1 aromatic rings. The molecule has 1 rings (SSSR count). The molecular formula is C14H22N2O3. The van der Waals surface area contributed by atoms with Gasteiger partial charge in [0.2, 0.25) is 5.91 Å². The Morgan fingerprint density at radius 1 is 1.32 bits per heavy atom. The minimum absolute atomic E-state index is 0.0790. The summed E-state index contributed by atoms with van der Waals surface area (Å²) in [5.41, 5.74) is 6.33. The second kappa shape index (κ2) is 7.63. The van der Waals surface area contributed by atoms with Gasteiger partial charge in [0.1, 0.15) is 11.5 Å². The summed E-state index contributed by atoms with van der Waals surface area (Å²) in [5, 5.41) is 0. The van der Waals surface area contributed by atoms with E-state index >= 15 is 0 Å². The van der Waals surface area contributed by atoms with E-state index in [0.29, 0.717) is 25.9 Å². The minimum Gasteiger partial charge on any atom is -0.497 e. The number of benzene rings is 1. The maximum Gasteiger partial charge on any atom is 0.222 e. The number of carbonyl (C=O) groups is 1. The summed E-state index contributed by atoms with van der Waals surface area (Å²) in [7, 11) is 5.00. The molecule has 0 saturated heterocycles. The summed E-state index contributed by atoms with van der Waals surface area (Å²) in [6, 6.07) is 5.55. The summed E-state index contributed by atoms with van der Waals surface area (Å²) >= 11 is 0. The molecule has 0 atom stereocenters. The standard InChI is InChI=1S/C14H22N2O3/c1-16(14(17)5-4-8-15)10-11-9-12(18-2)6-7-13(11)19-3/h6-7,9H,4-5,8,10,15H2,1-3H3. The van der Waals surface area contributed by atoms with Crippen LogP contribution >= 0.6 is 0 Å². The lowest BCUT2D eigenvalue weighted by atomic mass is 10.1. The van der Waals surface area contributed by atoms with Crippen molar-refractivity contribution in [3.05, 3.63) is 23.8 Å². The van der Waals surface area contributed by atoms with Crippen molar-refractivity contribution in [3.8, 4) is 11.5 Å². The number of hydrogen-bond donors (Lipinski definition) is 1. The van der Waals surface area contributed by atoms with E-state index in [2.05, 4.69) is 0 Å². The quantitative estimate of drug-likeness (QED) is 0.810. The number of nitrogens with two attached hydrogens (primary N) is 1. The van der Waals surface area contributed by atoms with Gasteiger partial charge in [-0.1, -0.05) is 0 Å². The number of nitrogens with zero attached hydrogens (tertiary/aromatic N) is 1. The van der Waals surface area contributed by atoms with Gasteiger partial charge < -0.3 is 20.1 Å². The molecule has 0 unspecified atom stereocenters. The Hall–Kier alpha value is -1.75. The maximum atomic E-state index is 11.9. The van der Waals surface area contributed by atoms with Gasteiger partial charge >= 0.3 is 0 Å². The van der Waals surface area contributed by atoms with Gasteiger partial charge in [-0.25, -0.2) is 0 Å². The smallest absolute Gasteiger partial charge is 0.222 e. The van der Waals surface area contributed by atoms with E-state index < -0.39 is 0 Å². The first kappa shape index (κ1) is 15.3. The number of carbonyl (C=O) groups excluding carboxylic acids is 1. The first-order valence-electron chi connectivity index (χ1n) is 6.27. The Morgan fingerprint density at radius 3 is 2.63 bits per heavy atom. The summed E-state index contributed by atoms with van der Waals surface area (Å²) in [6.07, 6.45) is 1.18. The van der Waals surface area contributed by atoms with E-state index in [9.17, 15) is 4.79 Å². The highest BCUT2D eigenvalue weighted by atomic mass is 16.5. The van der Waals surface area contributed by atoms with E-state index in [-0.39, 0.29) is 5.91 Å². The van der Waals surface area contributed by atoms with E-state index in [1.165, 1.54) is 0 Å². The summed E-state index contributed by atoms with van der Waals surface area (Å²) in [5.74, 6) is 1.58. The fraction of sp³-hybridized carbons (Fsp3) is 0.500. The zero-order valence-corrected chi connectivity index (χ0v) is 11.8. The molecule has 0 aliphatic heterocycles. The molecule has 0 aliphatic carbocycles. The summed E-state index contributed by atoms with van der Waals surface area (Å²) in [4.78, 5) is 13.5. The third-order valence-corrected chi connectivity index (χ3v) is 2.92. The SMILES string of the molecule is COc1ccc(OC)c(CN(C)C(=O)CCCN)c1. The molecular weight excluding hydrogens is 244 g/mol. The minimum atomic E-state index is 0.0790. The molecule has 0 radical (unpaired) electrons. The van der Waals surface area contributed by atoms with Gasteiger partial charge in [0.05, 0.1) is 14.2 Å². The van der Waals surface area contributed by atoms with Crippen LogP contribution in [0.5, 0.6) is 11.5 Å². The highest BCUT2D eigenvalue weighted by molar-refractivity contribution is 5.75. The number of rotatable bonds is 7. The Morgan fingerprint density at radius 2 is 2.05 bits per heavy atom. The topological polar surface area (TPSA) is 64.8 Å². The van der Waals surface area contributed by atoms with Crippen LogP contribution in [0.4, 0.5) is 0 Å². The third-order valence-electron chi connectivity index (χ3n) is 2.92. The van der Waals surface area contributed by atoms with Crippen LogP contribution in [0.2, 0.25) is 0 Å². The molecule has 19 heavy (non-hydrogen) atoms. The first-order valence-corrected chi connectivity index (χ1v) is 6.27. The van der Waals surface area contributed by atoms with Crippen LogP contribution in [-0.2, 0) is 11.3 Å². The normalized spacial score (nSPS) is 10.1. The van der Waals surface area contributed by atoms with Gasteiger partial charge in [-0.2, -0.15) is 0 Å². The van der Waals surface area contributed by atoms with Crippen LogP contribution in [0.3, 0.4) is 0 Å². The van der Waals surface area contributed by atoms with Crippen molar-refractivity contribution in [3.63, 3.8) is 0 Å². The second-order valence-corrected chi connectivity index (χ2v) is 4.32. The van der Waals surface area contributed by atoms with Crippen LogP contribution < -0.4 is 15.2 Å². The number of hydrogen-bond acceptors (Lipinski definition) is 4. The summed E-state index contributed by atoms with van der Waals surface area (Å²) < 4.78 is 10.5. The first-order chi connectivity index (χ1) is 9.12. The predicted molar refractivity (Wildman–Crippen MR) is 74.3 cm³/mol. The monoisotopic (exact) mass is 266 g/mol. The molecule has 2 N–H and O–H groups in total. The van der Waals surface area contributed by atoms with Crippen LogP contribution in [0, 0.1) is 0 Å². The van der Waals surface area contributed by atoms with Crippen molar-refractivity contribution in [1.82, 2.24) is 4.90 Å². The van der Waals surface area contributed by atoms with Gasteiger partial charge in [-0.05, 0) is 31.2 Å². The van der Waals surface area contributed by atoms with Crippen LogP contribution in [0.25, 0.3) is 0 Å². The fourth-order valence-corrected chi connectivity index (χ4v) is 1.79. The molecule has 0 fully saturated rings. The van der Waals surface area contributed by atoms with Crippen molar-refractivity contribution < 1.29 is 14.3 Å².